The highest BCUT2D eigenvalue weighted by atomic mass is 31.2. The maximum atomic E-state index is 13.1. The number of carbonyl (C=O) groups is 4. The molecule has 0 aromatic carbocycles. The Bertz CT molecular complexity index is 1960. The Morgan fingerprint density at radius 3 is 0.673 bits per heavy atom. The molecule has 5 atom stereocenters. The third-order valence-electron chi connectivity index (χ3n) is 19.1. The van der Waals surface area contributed by atoms with E-state index < -0.39 is 97.5 Å². The van der Waals surface area contributed by atoms with E-state index in [-0.39, 0.29) is 25.7 Å². The second-order valence-electron chi connectivity index (χ2n) is 30.9. The Morgan fingerprint density at radius 2 is 0.455 bits per heavy atom. The number of aliphatic hydroxyl groups excluding tert-OH is 1. The molecule has 3 N–H and O–H groups in total. The summed E-state index contributed by atoms with van der Waals surface area (Å²) in [6.45, 7) is 11.9. The van der Waals surface area contributed by atoms with E-state index >= 15 is 0 Å². The first kappa shape index (κ1) is 99.1. The number of esters is 4. The number of phosphoric acid groups is 2. The first-order valence-electron chi connectivity index (χ1n) is 42.3. The van der Waals surface area contributed by atoms with Crippen LogP contribution in [0.15, 0.2) is 0 Å². The van der Waals surface area contributed by atoms with E-state index in [1.807, 2.05) is 0 Å². The number of aliphatic hydroxyl groups is 1. The fourth-order valence-corrected chi connectivity index (χ4v) is 14.2. The maximum Gasteiger partial charge on any atom is 0.472 e. The molecule has 0 saturated heterocycles. The molecule has 2 unspecified atom stereocenters. The molecule has 0 rings (SSSR count). The van der Waals surface area contributed by atoms with Crippen LogP contribution in [0, 0.1) is 17.8 Å². The minimum absolute atomic E-state index is 0.105. The van der Waals surface area contributed by atoms with Crippen molar-refractivity contribution >= 4 is 39.5 Å². The minimum Gasteiger partial charge on any atom is -0.462 e. The topological polar surface area (TPSA) is 237 Å². The van der Waals surface area contributed by atoms with E-state index in [0.29, 0.717) is 31.6 Å². The monoisotopic (exact) mass is 1480 g/mol. The zero-order chi connectivity index (χ0) is 74.4. The van der Waals surface area contributed by atoms with Crippen LogP contribution >= 0.6 is 15.6 Å². The van der Waals surface area contributed by atoms with Crippen molar-refractivity contribution in [1.29, 1.82) is 0 Å². The van der Waals surface area contributed by atoms with Gasteiger partial charge in [-0.2, -0.15) is 0 Å². The molecule has 0 bridgehead atoms. The van der Waals surface area contributed by atoms with Crippen LogP contribution in [0.1, 0.15) is 427 Å². The van der Waals surface area contributed by atoms with Gasteiger partial charge in [0.2, 0.25) is 0 Å². The van der Waals surface area contributed by atoms with Crippen molar-refractivity contribution in [3.8, 4) is 0 Å². The summed E-state index contributed by atoms with van der Waals surface area (Å²) in [7, 11) is -9.92. The normalized spacial score (nSPS) is 14.0. The smallest absolute Gasteiger partial charge is 0.462 e. The molecule has 0 amide bonds. The standard InChI is InChI=1S/C82H160O17P2/c1-8-9-10-11-12-13-14-15-16-17-18-19-20-21-24-28-31-37-42-51-58-65-81(86)98-77(69-92-79(84)63-56-49-41-36-30-27-25-22-23-26-29-34-39-46-53-60-73(2)3)71-96-100(88,89)94-67-76(83)68-95-101(90,91)97-72-78(70-93-80(85)64-57-50-45-44-48-55-62-75(6)7)99-82(87)66-59-52-43-38-33-32-35-40-47-54-61-74(4)5/h73-78,83H,8-72H2,1-7H3,(H,88,89)(H,90,91)/t76-,77-,78-/m1/s1. The van der Waals surface area contributed by atoms with E-state index in [4.69, 9.17) is 37.0 Å². The second-order valence-corrected chi connectivity index (χ2v) is 33.8. The van der Waals surface area contributed by atoms with Crippen molar-refractivity contribution in [2.24, 2.45) is 17.8 Å². The molecule has 0 heterocycles. The predicted molar refractivity (Wildman–Crippen MR) is 414 cm³/mol. The molecule has 600 valence electrons. The third-order valence-corrected chi connectivity index (χ3v) is 21.0. The van der Waals surface area contributed by atoms with Gasteiger partial charge in [0.05, 0.1) is 26.4 Å². The van der Waals surface area contributed by atoms with E-state index in [1.54, 1.807) is 0 Å². The molecule has 0 saturated carbocycles. The third kappa shape index (κ3) is 76.1. The van der Waals surface area contributed by atoms with Crippen molar-refractivity contribution in [3.05, 3.63) is 0 Å². The summed E-state index contributed by atoms with van der Waals surface area (Å²) in [5.41, 5.74) is 0. The van der Waals surface area contributed by atoms with Gasteiger partial charge in [-0.25, -0.2) is 9.13 Å². The Hall–Kier alpha value is -1.94. The largest absolute Gasteiger partial charge is 0.472 e. The van der Waals surface area contributed by atoms with Crippen LogP contribution in [0.5, 0.6) is 0 Å². The number of hydrogen-bond donors (Lipinski definition) is 3. The van der Waals surface area contributed by atoms with Gasteiger partial charge in [0.15, 0.2) is 12.2 Å². The summed E-state index contributed by atoms with van der Waals surface area (Å²) in [5, 5.41) is 10.6. The molecule has 101 heavy (non-hydrogen) atoms. The summed E-state index contributed by atoms with van der Waals surface area (Å²) >= 11 is 0. The molecule has 0 aromatic heterocycles. The number of unbranched alkanes of at least 4 members (excludes halogenated alkanes) is 48. The van der Waals surface area contributed by atoms with Gasteiger partial charge in [-0.15, -0.1) is 0 Å². The van der Waals surface area contributed by atoms with Crippen molar-refractivity contribution in [1.82, 2.24) is 0 Å². The van der Waals surface area contributed by atoms with E-state index in [0.717, 1.165) is 108 Å². The Balaban J connectivity index is 5.21. The van der Waals surface area contributed by atoms with Crippen molar-refractivity contribution in [2.75, 3.05) is 39.6 Å². The van der Waals surface area contributed by atoms with Crippen LogP contribution < -0.4 is 0 Å². The molecule has 17 nitrogen and oxygen atoms in total. The summed E-state index contributed by atoms with van der Waals surface area (Å²) in [6, 6.07) is 0. The lowest BCUT2D eigenvalue weighted by Gasteiger charge is -2.21. The number of phosphoric ester groups is 2. The van der Waals surface area contributed by atoms with Crippen molar-refractivity contribution in [3.63, 3.8) is 0 Å². The summed E-state index contributed by atoms with van der Waals surface area (Å²) < 4.78 is 68.7. The van der Waals surface area contributed by atoms with Gasteiger partial charge in [0, 0.05) is 25.7 Å². The molecule has 0 aliphatic carbocycles. The highest BCUT2D eigenvalue weighted by Crippen LogP contribution is 2.45. The van der Waals surface area contributed by atoms with Gasteiger partial charge in [-0.3, -0.25) is 37.3 Å². The fraction of sp³-hybridized carbons (Fsp3) is 0.951. The van der Waals surface area contributed by atoms with Gasteiger partial charge < -0.3 is 33.8 Å². The fourth-order valence-electron chi connectivity index (χ4n) is 12.7. The van der Waals surface area contributed by atoms with Gasteiger partial charge in [-0.1, -0.05) is 376 Å². The lowest BCUT2D eigenvalue weighted by molar-refractivity contribution is -0.161. The Labute approximate surface area is 619 Å². The molecule has 0 fully saturated rings. The molecule has 0 aromatic rings. The van der Waals surface area contributed by atoms with Crippen LogP contribution in [0.2, 0.25) is 0 Å². The lowest BCUT2D eigenvalue weighted by atomic mass is 10.0. The van der Waals surface area contributed by atoms with Crippen molar-refractivity contribution in [2.45, 2.75) is 446 Å². The van der Waals surface area contributed by atoms with Gasteiger partial charge in [0.1, 0.15) is 19.3 Å². The van der Waals surface area contributed by atoms with Gasteiger partial charge >= 0.3 is 39.5 Å². The molecule has 0 aliphatic rings. The number of carbonyl (C=O) groups excluding carboxylic acids is 4. The summed E-state index contributed by atoms with van der Waals surface area (Å²) in [5.74, 6) is 0.124. The highest BCUT2D eigenvalue weighted by molar-refractivity contribution is 7.47. The minimum atomic E-state index is -4.96. The first-order chi connectivity index (χ1) is 48.7. The second kappa shape index (κ2) is 72.3. The van der Waals surface area contributed by atoms with Crippen LogP contribution in [-0.4, -0.2) is 96.7 Å². The predicted octanol–water partition coefficient (Wildman–Crippen LogP) is 24.5. The maximum absolute atomic E-state index is 13.1. The van der Waals surface area contributed by atoms with E-state index in [2.05, 4.69) is 48.5 Å². The number of hydrogen-bond acceptors (Lipinski definition) is 15. The van der Waals surface area contributed by atoms with Crippen LogP contribution in [0.3, 0.4) is 0 Å². The Morgan fingerprint density at radius 1 is 0.267 bits per heavy atom. The van der Waals surface area contributed by atoms with E-state index in [9.17, 15) is 43.2 Å². The van der Waals surface area contributed by atoms with Gasteiger partial charge in [0.25, 0.3) is 0 Å². The van der Waals surface area contributed by atoms with Crippen LogP contribution in [-0.2, 0) is 65.4 Å². The molecule has 0 spiro atoms. The van der Waals surface area contributed by atoms with Gasteiger partial charge in [-0.05, 0) is 43.4 Å². The Kier molecular flexibility index (Phi) is 70.9. The molecular formula is C82H160O17P2. The zero-order valence-corrected chi connectivity index (χ0v) is 68.2. The molecule has 0 radical (unpaired) electrons. The van der Waals surface area contributed by atoms with Crippen molar-refractivity contribution < 1.29 is 80.2 Å². The molecule has 0 aliphatic heterocycles. The molecular weight excluding hydrogens is 1320 g/mol. The first-order valence-corrected chi connectivity index (χ1v) is 45.3. The van der Waals surface area contributed by atoms with Crippen LogP contribution in [0.25, 0.3) is 0 Å². The average molecular weight is 1480 g/mol. The molecule has 19 heteroatoms. The summed E-state index contributed by atoms with van der Waals surface area (Å²) in [6.07, 6.45) is 61.4. The zero-order valence-electron chi connectivity index (χ0n) is 66.4. The SMILES string of the molecule is CCCCCCCCCCCCCCCCCCCCCCCC(=O)O[C@H](COC(=O)CCCCCCCCCCCCCCCCCC(C)C)COP(=O)(O)OC[C@@H](O)COP(=O)(O)OC[C@@H](COC(=O)CCCCCCCCC(C)C)OC(=O)CCCCCCCCCCCCC(C)C. The summed E-state index contributed by atoms with van der Waals surface area (Å²) in [4.78, 5) is 73.0. The van der Waals surface area contributed by atoms with Crippen LogP contribution in [0.4, 0.5) is 0 Å². The van der Waals surface area contributed by atoms with E-state index in [1.165, 1.54) is 231 Å². The average Bonchev–Trinajstić information content (AvgIpc) is 0.948. The highest BCUT2D eigenvalue weighted by Gasteiger charge is 2.30. The number of rotatable bonds is 80. The number of ether oxygens (including phenoxy) is 4. The quantitative estimate of drug-likeness (QED) is 0.0222. The lowest BCUT2D eigenvalue weighted by Crippen LogP contribution is -2.30.